The first-order chi connectivity index (χ1) is 25.8. The van der Waals surface area contributed by atoms with E-state index in [-0.39, 0.29) is 93.5 Å². The van der Waals surface area contributed by atoms with Crippen molar-refractivity contribution in [1.29, 1.82) is 0 Å². The van der Waals surface area contributed by atoms with Crippen molar-refractivity contribution in [3.05, 3.63) is 103 Å². The van der Waals surface area contributed by atoms with E-state index in [1.54, 1.807) is 61.6 Å². The number of anilines is 2. The van der Waals surface area contributed by atoms with Gasteiger partial charge in [0, 0.05) is 40.0 Å². The highest BCUT2D eigenvalue weighted by molar-refractivity contribution is 8.23. The molecule has 0 bridgehead atoms. The Morgan fingerprint density at radius 1 is 0.611 bits per heavy atom. The van der Waals surface area contributed by atoms with Crippen LogP contribution in [0.1, 0.15) is 37.1 Å². The maximum absolute atomic E-state index is 13.2. The number of benzene rings is 2. The van der Waals surface area contributed by atoms with Gasteiger partial charge < -0.3 is 10.6 Å². The Bertz CT molecular complexity index is 2200. The third-order valence-corrected chi connectivity index (χ3v) is 12.3. The van der Waals surface area contributed by atoms with E-state index in [1.807, 2.05) is 36.4 Å². The zero-order chi connectivity index (χ0) is 38.8. The number of nitrogens with one attached hydrogen (secondary N) is 2. The second-order valence-electron chi connectivity index (χ2n) is 12.5. The molecule has 2 fully saturated rings. The Kier molecular flexibility index (Phi) is 11.6. The van der Waals surface area contributed by atoms with E-state index in [9.17, 15) is 28.8 Å². The number of hydrogen-bond acceptors (Lipinski definition) is 10. The Morgan fingerprint density at radius 2 is 0.963 bits per heavy atom. The molecule has 2 saturated heterocycles. The normalized spacial score (nSPS) is 15.9. The van der Waals surface area contributed by atoms with E-state index in [0.29, 0.717) is 32.6 Å². The number of carbonyl (C=O) groups excluding carboxylic acids is 4. The standard InChI is InChI=1S/C36H36N8O6S4/c1-21-27(31(47)43(39(21)3)23-13-7-5-8-14-23)37-25(45)17-11-19-41-33(51)29(53-35(41)49)30-34(52)42(36(50)54-30)20-12-18-26(46)38-28-22(2)40(4)44(32(28)48)24-15-9-6-10-16-24/h5-10,13-16H,11-12,17-20H2,1-4H3,(H,37,45)(H,38,46). The van der Waals surface area contributed by atoms with Crippen LogP contribution in [0.2, 0.25) is 0 Å². The number of rotatable bonds is 12. The highest BCUT2D eigenvalue weighted by Gasteiger charge is 2.40. The quantitative estimate of drug-likeness (QED) is 0.136. The average Bonchev–Trinajstić information content (AvgIpc) is 3.75. The highest BCUT2D eigenvalue weighted by atomic mass is 32.2. The molecular formula is C36H36N8O6S4. The van der Waals surface area contributed by atoms with Crippen molar-refractivity contribution in [2.75, 3.05) is 23.7 Å². The van der Waals surface area contributed by atoms with Gasteiger partial charge in [-0.05, 0) is 74.5 Å². The van der Waals surface area contributed by atoms with Crippen molar-refractivity contribution >= 4 is 91.6 Å². The molecular weight excluding hydrogens is 769 g/mol. The number of carbonyl (C=O) groups is 4. The van der Waals surface area contributed by atoms with Gasteiger partial charge in [-0.15, -0.1) is 0 Å². The summed E-state index contributed by atoms with van der Waals surface area (Å²) in [4.78, 5) is 82.1. The predicted octanol–water partition coefficient (Wildman–Crippen LogP) is 5.62. The summed E-state index contributed by atoms with van der Waals surface area (Å²) in [6, 6.07) is 18.2. The molecule has 2 aliphatic rings. The Hall–Kier alpha value is -5.04. The lowest BCUT2D eigenvalue weighted by atomic mass is 10.2. The van der Waals surface area contributed by atoms with Crippen molar-refractivity contribution in [3.8, 4) is 11.4 Å². The van der Waals surface area contributed by atoms with E-state index in [4.69, 9.17) is 24.4 Å². The molecule has 14 nitrogen and oxygen atoms in total. The summed E-state index contributed by atoms with van der Waals surface area (Å²) in [5.74, 6) is -0.758. The Balaban J connectivity index is 1.02. The van der Waals surface area contributed by atoms with Crippen LogP contribution in [0.3, 0.4) is 0 Å². The predicted molar refractivity (Wildman–Crippen MR) is 219 cm³/mol. The molecule has 2 aromatic carbocycles. The van der Waals surface area contributed by atoms with E-state index in [2.05, 4.69) is 10.6 Å². The molecule has 18 heteroatoms. The summed E-state index contributed by atoms with van der Waals surface area (Å²) in [5.41, 5.74) is 2.17. The second-order valence-corrected chi connectivity index (χ2v) is 15.2. The smallest absolute Gasteiger partial charge is 0.295 e. The molecule has 4 heterocycles. The molecule has 6 rings (SSSR count). The van der Waals surface area contributed by atoms with Gasteiger partial charge in [-0.25, -0.2) is 9.36 Å². The van der Waals surface area contributed by atoms with Gasteiger partial charge in [-0.3, -0.25) is 47.9 Å². The van der Waals surface area contributed by atoms with Gasteiger partial charge in [0.15, 0.2) is 0 Å². The lowest BCUT2D eigenvalue weighted by molar-refractivity contribution is -0.117. The van der Waals surface area contributed by atoms with Crippen molar-refractivity contribution in [2.24, 2.45) is 14.1 Å². The van der Waals surface area contributed by atoms with Crippen LogP contribution in [0.15, 0.2) is 80.1 Å². The van der Waals surface area contributed by atoms with Crippen molar-refractivity contribution in [3.63, 3.8) is 0 Å². The zero-order valence-electron chi connectivity index (χ0n) is 29.8. The van der Waals surface area contributed by atoms with Crippen molar-refractivity contribution in [1.82, 2.24) is 28.5 Å². The third kappa shape index (κ3) is 7.51. The van der Waals surface area contributed by atoms with Crippen LogP contribution in [0.4, 0.5) is 21.0 Å². The number of para-hydroxylation sites is 2. The summed E-state index contributed by atoms with van der Waals surface area (Å²) >= 11 is 13.0. The van der Waals surface area contributed by atoms with Gasteiger partial charge in [-0.1, -0.05) is 60.8 Å². The molecule has 0 unspecified atom stereocenters. The first kappa shape index (κ1) is 38.7. The number of thiocarbonyl (C=S) groups is 2. The molecule has 0 saturated carbocycles. The van der Waals surface area contributed by atoms with Gasteiger partial charge in [0.2, 0.25) is 11.8 Å². The van der Waals surface area contributed by atoms with Crippen molar-refractivity contribution in [2.45, 2.75) is 39.5 Å². The van der Waals surface area contributed by atoms with Gasteiger partial charge in [0.25, 0.3) is 21.6 Å². The number of thioether (sulfide) groups is 2. The molecule has 2 aromatic heterocycles. The number of aromatic nitrogens is 4. The molecule has 0 spiro atoms. The summed E-state index contributed by atoms with van der Waals surface area (Å²) in [6.07, 6.45) is 0.601. The van der Waals surface area contributed by atoms with E-state index >= 15 is 0 Å². The zero-order valence-corrected chi connectivity index (χ0v) is 33.0. The molecule has 54 heavy (non-hydrogen) atoms. The van der Waals surface area contributed by atoms with E-state index in [0.717, 1.165) is 23.5 Å². The minimum absolute atomic E-state index is 0.0298. The maximum atomic E-state index is 13.2. The molecule has 4 amide bonds. The summed E-state index contributed by atoms with van der Waals surface area (Å²) < 4.78 is 6.30. The summed E-state index contributed by atoms with van der Waals surface area (Å²) in [6.45, 7) is 3.79. The Morgan fingerprint density at radius 3 is 1.31 bits per heavy atom. The first-order valence-corrected chi connectivity index (χ1v) is 19.3. The minimum Gasteiger partial charge on any atom is -0.320 e. The van der Waals surface area contributed by atoms with Gasteiger partial charge >= 0.3 is 0 Å². The highest BCUT2D eigenvalue weighted by Crippen LogP contribution is 2.43. The molecule has 2 aliphatic heterocycles. The molecule has 0 aliphatic carbocycles. The SMILES string of the molecule is Cc1c(NC(=O)CCCN2C(=O)SC(=C3SC(=O)N(CCCC(=O)Nc4c(C)n(C)n(-c5ccccc5)c4=O)C3=S)C2=S)c(=O)n(-c2ccccc2)n1C. The van der Waals surface area contributed by atoms with E-state index < -0.39 is 0 Å². The largest absolute Gasteiger partial charge is 0.320 e. The maximum Gasteiger partial charge on any atom is 0.295 e. The fourth-order valence-corrected chi connectivity index (χ4v) is 9.09. The number of hydrogen-bond donors (Lipinski definition) is 2. The lowest BCUT2D eigenvalue weighted by Gasteiger charge is -2.15. The lowest BCUT2D eigenvalue weighted by Crippen LogP contribution is -2.30. The number of nitrogens with zero attached hydrogens (tertiary/aromatic N) is 6. The topological polar surface area (TPSA) is 153 Å². The van der Waals surface area contributed by atoms with Crippen LogP contribution in [0.5, 0.6) is 0 Å². The second kappa shape index (κ2) is 16.1. The van der Waals surface area contributed by atoms with Crippen LogP contribution in [0.25, 0.3) is 11.4 Å². The van der Waals surface area contributed by atoms with Gasteiger partial charge in [0.05, 0.1) is 32.6 Å². The summed E-state index contributed by atoms with van der Waals surface area (Å²) in [7, 11) is 3.48. The van der Waals surface area contributed by atoms with E-state index in [1.165, 1.54) is 19.2 Å². The fourth-order valence-electron chi connectivity index (χ4n) is 6.08. The van der Waals surface area contributed by atoms with Crippen LogP contribution in [-0.4, -0.2) is 73.9 Å². The van der Waals surface area contributed by atoms with Crippen LogP contribution in [0, 0.1) is 13.8 Å². The molecule has 0 atom stereocenters. The molecule has 4 aromatic rings. The fraction of sp³-hybridized carbons (Fsp3) is 0.278. The van der Waals surface area contributed by atoms with Crippen LogP contribution in [-0.2, 0) is 23.7 Å². The molecule has 0 radical (unpaired) electrons. The molecule has 280 valence electrons. The monoisotopic (exact) mass is 804 g/mol. The Labute approximate surface area is 329 Å². The van der Waals surface area contributed by atoms with Crippen LogP contribution < -0.4 is 21.8 Å². The van der Waals surface area contributed by atoms with Gasteiger partial charge in [-0.2, -0.15) is 0 Å². The van der Waals surface area contributed by atoms with Crippen molar-refractivity contribution < 1.29 is 19.2 Å². The third-order valence-electron chi connectivity index (χ3n) is 9.11. The summed E-state index contributed by atoms with van der Waals surface area (Å²) in [5, 5.41) is 4.76. The molecule has 2 N–H and O–H groups in total. The number of amides is 4. The van der Waals surface area contributed by atoms with Crippen LogP contribution >= 0.6 is 48.0 Å². The first-order valence-electron chi connectivity index (χ1n) is 16.9. The average molecular weight is 805 g/mol. The van der Waals surface area contributed by atoms with Gasteiger partial charge in [0.1, 0.15) is 21.4 Å². The minimum atomic E-state index is -0.379.